The van der Waals surface area contributed by atoms with Crippen LogP contribution in [0.2, 0.25) is 0 Å². The number of anilines is 1. The van der Waals surface area contributed by atoms with Crippen LogP contribution in [-0.2, 0) is 4.79 Å². The minimum atomic E-state index is -0.916. The number of halogens is 1. The summed E-state index contributed by atoms with van der Waals surface area (Å²) in [4.78, 5) is 13.1. The molecule has 0 atom stereocenters. The van der Waals surface area contributed by atoms with Crippen LogP contribution < -0.4 is 4.90 Å². The summed E-state index contributed by atoms with van der Waals surface area (Å²) in [6.07, 6.45) is 5.33. The molecule has 1 N–H and O–H groups in total. The Bertz CT molecular complexity index is 521. The Balaban J connectivity index is 2.35. The number of hydrogen-bond acceptors (Lipinski definition) is 2. The number of benzene rings is 1. The van der Waals surface area contributed by atoms with Crippen molar-refractivity contribution in [2.45, 2.75) is 32.7 Å². The maximum Gasteiger partial charge on any atom is 0.328 e. The molecule has 0 heterocycles. The topological polar surface area (TPSA) is 40.5 Å². The molecular formula is C16H20BrNO2. The van der Waals surface area contributed by atoms with Crippen LogP contribution >= 0.6 is 15.9 Å². The van der Waals surface area contributed by atoms with Crippen molar-refractivity contribution in [1.29, 1.82) is 0 Å². The van der Waals surface area contributed by atoms with Gasteiger partial charge in [-0.05, 0) is 42.5 Å². The Hall–Kier alpha value is -1.29. The number of nitrogens with zero attached hydrogens (tertiary/aromatic N) is 1. The molecule has 0 aromatic heterocycles. The number of carboxylic acids is 1. The normalized spacial score (nSPS) is 15.0. The van der Waals surface area contributed by atoms with Crippen molar-refractivity contribution in [2.75, 3.05) is 11.4 Å². The van der Waals surface area contributed by atoms with Crippen LogP contribution in [0.5, 0.6) is 0 Å². The van der Waals surface area contributed by atoms with E-state index in [-0.39, 0.29) is 0 Å². The van der Waals surface area contributed by atoms with Gasteiger partial charge in [0, 0.05) is 28.8 Å². The monoisotopic (exact) mass is 337 g/mol. The van der Waals surface area contributed by atoms with Gasteiger partial charge in [-0.15, -0.1) is 0 Å². The van der Waals surface area contributed by atoms with E-state index in [1.165, 1.54) is 18.9 Å². The maximum absolute atomic E-state index is 10.7. The van der Waals surface area contributed by atoms with Gasteiger partial charge in [0.1, 0.15) is 0 Å². The van der Waals surface area contributed by atoms with E-state index in [9.17, 15) is 4.79 Å². The lowest BCUT2D eigenvalue weighted by molar-refractivity contribution is -0.131. The summed E-state index contributed by atoms with van der Waals surface area (Å²) in [5.41, 5.74) is 2.08. The molecule has 108 valence electrons. The molecule has 2 rings (SSSR count). The van der Waals surface area contributed by atoms with Crippen molar-refractivity contribution < 1.29 is 9.90 Å². The lowest BCUT2D eigenvalue weighted by Crippen LogP contribution is -2.30. The number of carbonyl (C=O) groups is 1. The first kappa shape index (κ1) is 15.1. The molecule has 1 aromatic rings. The smallest absolute Gasteiger partial charge is 0.328 e. The molecule has 3 nitrogen and oxygen atoms in total. The van der Waals surface area contributed by atoms with Crippen molar-refractivity contribution in [3.05, 3.63) is 34.3 Å². The zero-order chi connectivity index (χ0) is 14.7. The Kier molecular flexibility index (Phi) is 4.86. The molecule has 4 heteroatoms. The van der Waals surface area contributed by atoms with E-state index in [1.807, 2.05) is 12.1 Å². The summed E-state index contributed by atoms with van der Waals surface area (Å²) in [5.74, 6) is -0.341. The fourth-order valence-electron chi connectivity index (χ4n) is 2.29. The van der Waals surface area contributed by atoms with Crippen LogP contribution in [0.25, 0.3) is 6.08 Å². The lowest BCUT2D eigenvalue weighted by Gasteiger charge is -2.28. The summed E-state index contributed by atoms with van der Waals surface area (Å²) in [7, 11) is 0. The fraction of sp³-hybridized carbons (Fsp3) is 0.438. The average molecular weight is 338 g/mol. The fourth-order valence-corrected chi connectivity index (χ4v) is 2.64. The minimum Gasteiger partial charge on any atom is -0.478 e. The SMILES string of the molecule is CC(C)CN(c1cc(Br)ccc1C=CC(=O)O)C1CC1. The molecule has 0 saturated heterocycles. The molecule has 0 spiro atoms. The lowest BCUT2D eigenvalue weighted by atomic mass is 10.1. The van der Waals surface area contributed by atoms with Gasteiger partial charge in [0.2, 0.25) is 0 Å². The predicted octanol–water partition coefficient (Wildman–Crippen LogP) is 4.17. The highest BCUT2D eigenvalue weighted by Crippen LogP contribution is 2.36. The highest BCUT2D eigenvalue weighted by molar-refractivity contribution is 9.10. The first-order valence-corrected chi connectivity index (χ1v) is 7.74. The molecule has 0 bridgehead atoms. The summed E-state index contributed by atoms with van der Waals surface area (Å²) in [5, 5.41) is 8.82. The van der Waals surface area contributed by atoms with Crippen molar-refractivity contribution in [3.8, 4) is 0 Å². The van der Waals surface area contributed by atoms with Crippen molar-refractivity contribution >= 4 is 33.7 Å². The van der Waals surface area contributed by atoms with Gasteiger partial charge in [0.25, 0.3) is 0 Å². The molecule has 20 heavy (non-hydrogen) atoms. The molecule has 0 unspecified atom stereocenters. The largest absolute Gasteiger partial charge is 0.478 e. The molecule has 1 aliphatic carbocycles. The van der Waals surface area contributed by atoms with Gasteiger partial charge in [-0.25, -0.2) is 4.79 Å². The van der Waals surface area contributed by atoms with Crippen LogP contribution in [0.1, 0.15) is 32.3 Å². The van der Waals surface area contributed by atoms with E-state index >= 15 is 0 Å². The molecule has 1 fully saturated rings. The zero-order valence-electron chi connectivity index (χ0n) is 11.8. The van der Waals surface area contributed by atoms with Gasteiger partial charge in [0.05, 0.1) is 0 Å². The number of hydrogen-bond donors (Lipinski definition) is 1. The van der Waals surface area contributed by atoms with E-state index in [2.05, 4.69) is 40.7 Å². The second-order valence-corrected chi connectivity index (χ2v) is 6.57. The highest BCUT2D eigenvalue weighted by atomic mass is 79.9. The van der Waals surface area contributed by atoms with Crippen LogP contribution in [0.4, 0.5) is 5.69 Å². The maximum atomic E-state index is 10.7. The standard InChI is InChI=1S/C16H20BrNO2/c1-11(2)10-18(14-6-7-14)15-9-13(17)5-3-12(15)4-8-16(19)20/h3-5,8-9,11,14H,6-7,10H2,1-2H3,(H,19,20). The Morgan fingerprint density at radius 2 is 2.20 bits per heavy atom. The molecule has 1 saturated carbocycles. The van der Waals surface area contributed by atoms with Crippen LogP contribution in [0.15, 0.2) is 28.7 Å². The third-order valence-electron chi connectivity index (χ3n) is 3.26. The molecule has 0 aliphatic heterocycles. The molecule has 1 aliphatic rings. The van der Waals surface area contributed by atoms with E-state index in [4.69, 9.17) is 5.11 Å². The van der Waals surface area contributed by atoms with E-state index in [1.54, 1.807) is 6.08 Å². The molecular weight excluding hydrogens is 318 g/mol. The Labute approximate surface area is 128 Å². The summed E-state index contributed by atoms with van der Waals surface area (Å²) in [6, 6.07) is 6.60. The quantitative estimate of drug-likeness (QED) is 0.792. The van der Waals surface area contributed by atoms with Crippen LogP contribution in [0.3, 0.4) is 0 Å². The second kappa shape index (κ2) is 6.44. The summed E-state index contributed by atoms with van der Waals surface area (Å²) in [6.45, 7) is 5.41. The number of rotatable bonds is 6. The van der Waals surface area contributed by atoms with Gasteiger partial charge in [-0.2, -0.15) is 0 Å². The van der Waals surface area contributed by atoms with Crippen LogP contribution in [-0.4, -0.2) is 23.7 Å². The van der Waals surface area contributed by atoms with Crippen molar-refractivity contribution in [3.63, 3.8) is 0 Å². The second-order valence-electron chi connectivity index (χ2n) is 5.65. The van der Waals surface area contributed by atoms with Gasteiger partial charge in [-0.3, -0.25) is 0 Å². The summed E-state index contributed by atoms with van der Waals surface area (Å²) >= 11 is 3.51. The van der Waals surface area contributed by atoms with Crippen molar-refractivity contribution in [2.24, 2.45) is 5.92 Å². The van der Waals surface area contributed by atoms with Gasteiger partial charge in [0.15, 0.2) is 0 Å². The minimum absolute atomic E-state index is 0.575. The molecule has 0 radical (unpaired) electrons. The van der Waals surface area contributed by atoms with Crippen LogP contribution in [0, 0.1) is 5.92 Å². The third kappa shape index (κ3) is 4.10. The van der Waals surface area contributed by atoms with Gasteiger partial charge < -0.3 is 10.0 Å². The van der Waals surface area contributed by atoms with Crippen molar-refractivity contribution in [1.82, 2.24) is 0 Å². The highest BCUT2D eigenvalue weighted by Gasteiger charge is 2.30. The zero-order valence-corrected chi connectivity index (χ0v) is 13.4. The van der Waals surface area contributed by atoms with E-state index < -0.39 is 5.97 Å². The predicted molar refractivity (Wildman–Crippen MR) is 86.0 cm³/mol. The van der Waals surface area contributed by atoms with E-state index in [0.29, 0.717) is 12.0 Å². The first-order chi connectivity index (χ1) is 9.47. The molecule has 1 aromatic carbocycles. The number of aliphatic carboxylic acids is 1. The first-order valence-electron chi connectivity index (χ1n) is 6.94. The Morgan fingerprint density at radius 3 is 2.75 bits per heavy atom. The van der Waals surface area contributed by atoms with E-state index in [0.717, 1.165) is 22.3 Å². The average Bonchev–Trinajstić information content (AvgIpc) is 3.18. The van der Waals surface area contributed by atoms with Gasteiger partial charge in [-0.1, -0.05) is 35.8 Å². The molecule has 0 amide bonds. The number of carboxylic acid groups (broad SMARTS) is 1. The summed E-state index contributed by atoms with van der Waals surface area (Å²) < 4.78 is 1.02. The Morgan fingerprint density at radius 1 is 1.50 bits per heavy atom. The third-order valence-corrected chi connectivity index (χ3v) is 3.75. The van der Waals surface area contributed by atoms with Gasteiger partial charge >= 0.3 is 5.97 Å².